The fourth-order valence-electron chi connectivity index (χ4n) is 17.8. The van der Waals surface area contributed by atoms with Gasteiger partial charge in [0.05, 0.1) is 44.1 Å². The zero-order valence-corrected chi connectivity index (χ0v) is 62.3. The smallest absolute Gasteiger partial charge is 0.0547 e. The van der Waals surface area contributed by atoms with E-state index in [-0.39, 0.29) is 0 Å². The van der Waals surface area contributed by atoms with E-state index in [1.165, 1.54) is 98.5 Å². The molecule has 0 aliphatic carbocycles. The van der Waals surface area contributed by atoms with E-state index < -0.39 is 0 Å². The lowest BCUT2D eigenvalue weighted by atomic mass is 9.96. The summed E-state index contributed by atoms with van der Waals surface area (Å²) in [7, 11) is 0. The van der Waals surface area contributed by atoms with E-state index in [4.69, 9.17) is 0 Å². The molecule has 114 heavy (non-hydrogen) atoms. The number of fused-ring (bicyclic) bond motifs is 12. The number of anilines is 6. The number of nitrogens with zero attached hydrogens (tertiary/aromatic N) is 6. The van der Waals surface area contributed by atoms with Crippen LogP contribution in [0.5, 0.6) is 0 Å². The highest BCUT2D eigenvalue weighted by atomic mass is 15.1. The Kier molecular flexibility index (Phi) is 15.8. The van der Waals surface area contributed by atoms with Crippen LogP contribution >= 0.6 is 0 Å². The highest BCUT2D eigenvalue weighted by Crippen LogP contribution is 2.46. The van der Waals surface area contributed by atoms with Crippen LogP contribution in [0.15, 0.2) is 437 Å². The molecule has 0 N–H and O–H groups in total. The van der Waals surface area contributed by atoms with Crippen molar-refractivity contribution in [2.45, 2.75) is 0 Å². The first-order valence-corrected chi connectivity index (χ1v) is 39.1. The van der Waals surface area contributed by atoms with Crippen molar-refractivity contribution >= 4 is 121 Å². The van der Waals surface area contributed by atoms with Gasteiger partial charge in [0.15, 0.2) is 0 Å². The predicted octanol–water partition coefficient (Wildman–Crippen LogP) is 29.3. The van der Waals surface area contributed by atoms with Crippen LogP contribution in [0.25, 0.3) is 166 Å². The maximum atomic E-state index is 2.43. The van der Waals surface area contributed by atoms with Gasteiger partial charge in [0.25, 0.3) is 0 Å². The van der Waals surface area contributed by atoms with Crippen molar-refractivity contribution in [3.63, 3.8) is 0 Å². The minimum atomic E-state index is 1.08. The summed E-state index contributed by atoms with van der Waals surface area (Å²) >= 11 is 0. The van der Waals surface area contributed by atoms with E-state index in [0.717, 1.165) is 101 Å². The Bertz CT molecular complexity index is 7390. The Hall–Kier alpha value is -15.2. The van der Waals surface area contributed by atoms with Gasteiger partial charge in [0.2, 0.25) is 0 Å². The summed E-state index contributed by atoms with van der Waals surface area (Å²) in [6, 6.07) is 160. The molecule has 0 unspecified atom stereocenters. The van der Waals surface area contributed by atoms with Gasteiger partial charge in [0.1, 0.15) is 0 Å². The molecular weight excluding hydrogens is 1380 g/mol. The van der Waals surface area contributed by atoms with Crippen LogP contribution in [0, 0.1) is 0 Å². The number of benzene rings is 18. The average Bonchev–Trinajstić information content (AvgIpc) is 1.56. The molecule has 6 nitrogen and oxygen atoms in total. The van der Waals surface area contributed by atoms with Crippen molar-refractivity contribution in [2.75, 3.05) is 9.80 Å². The van der Waals surface area contributed by atoms with Crippen molar-refractivity contribution in [3.05, 3.63) is 437 Å². The third-order valence-electron chi connectivity index (χ3n) is 23.2. The van der Waals surface area contributed by atoms with Crippen molar-refractivity contribution < 1.29 is 0 Å². The molecule has 22 aromatic rings. The number of para-hydroxylation sites is 8. The number of rotatable bonds is 15. The fraction of sp³-hybridized carbons (Fsp3) is 0. The molecule has 0 radical (unpaired) electrons. The highest BCUT2D eigenvalue weighted by Gasteiger charge is 2.23. The molecule has 18 aromatic carbocycles. The van der Waals surface area contributed by atoms with Crippen LogP contribution in [0.1, 0.15) is 0 Å². The first kappa shape index (κ1) is 65.8. The lowest BCUT2D eigenvalue weighted by Gasteiger charge is -2.26. The molecule has 534 valence electrons. The summed E-state index contributed by atoms with van der Waals surface area (Å²) in [4.78, 5) is 4.70. The largest absolute Gasteiger partial charge is 0.311 e. The van der Waals surface area contributed by atoms with Gasteiger partial charge in [-0.1, -0.05) is 243 Å². The summed E-state index contributed by atoms with van der Waals surface area (Å²) in [5.41, 5.74) is 32.2. The van der Waals surface area contributed by atoms with Crippen molar-refractivity contribution in [1.82, 2.24) is 18.3 Å². The quantitative estimate of drug-likeness (QED) is 0.102. The predicted molar refractivity (Wildman–Crippen MR) is 480 cm³/mol. The van der Waals surface area contributed by atoms with Crippen molar-refractivity contribution in [1.29, 1.82) is 0 Å². The van der Waals surface area contributed by atoms with Gasteiger partial charge in [-0.3, -0.25) is 0 Å². The van der Waals surface area contributed by atoms with Gasteiger partial charge >= 0.3 is 0 Å². The second kappa shape index (κ2) is 27.4. The molecule has 0 amide bonds. The SMILES string of the molecule is c1ccc(N(c2ccc(-c3ccc(-n4c5ccccc5c5cc(-c6cccc7c6c6cc(-c8ccc(N(c9ccccc9)c9ccc(-c%10ccc%11c(c%10)c%10ccccc%10n%11-c%10ccccc%10)cc9)cc8)ccc6n7-c6ccccc6)ccc54)cc3)cc2)c2ccc(-c3ccc4c(c3)c3ccccc3n4-c3ccccc3)cc2)cc1. The third kappa shape index (κ3) is 11.2. The van der Waals surface area contributed by atoms with Crippen LogP contribution in [-0.4, -0.2) is 18.3 Å². The lowest BCUT2D eigenvalue weighted by molar-refractivity contribution is 1.18. The maximum absolute atomic E-state index is 2.43. The summed E-state index contributed by atoms with van der Waals surface area (Å²) in [6.07, 6.45) is 0. The standard InChI is InChI=1S/C108H72N6/c1-6-23-82(24-7-1)109(88-57-45-75(46-58-88)78-51-65-103-96(69-78)93-33-16-19-37-100(93)111(103)84-27-10-3-11-28-84)87-55-41-73(42-56-87)74-43-63-91(64-44-74)113-102-39-21-18-35-95(102)98-72-81(54-68-105(98)113)92-36-22-40-107-108(92)99-71-80(53-67-106(99)114(107)86-31-14-5-15-32-86)77-49-61-90(62-50-77)110(83-25-8-2-9-26-83)89-59-47-76(48-60-89)79-52-66-104-97(70-79)94-34-17-20-38-101(94)112(104)85-29-12-4-13-30-85/h1-72H. The van der Waals surface area contributed by atoms with E-state index in [1.807, 2.05) is 0 Å². The first-order valence-electron chi connectivity index (χ1n) is 39.1. The molecule has 4 aromatic heterocycles. The molecule has 4 heterocycles. The molecule has 6 heteroatoms. The first-order chi connectivity index (χ1) is 56.5. The van der Waals surface area contributed by atoms with E-state index in [0.29, 0.717) is 0 Å². The molecule has 0 spiro atoms. The van der Waals surface area contributed by atoms with Gasteiger partial charge in [-0.2, -0.15) is 0 Å². The Labute approximate surface area is 660 Å². The van der Waals surface area contributed by atoms with Gasteiger partial charge in [-0.25, -0.2) is 0 Å². The lowest BCUT2D eigenvalue weighted by Crippen LogP contribution is -2.09. The molecule has 0 aliphatic heterocycles. The maximum Gasteiger partial charge on any atom is 0.0547 e. The normalized spacial score (nSPS) is 11.7. The van der Waals surface area contributed by atoms with E-state index in [2.05, 4.69) is 465 Å². The second-order valence-electron chi connectivity index (χ2n) is 29.6. The molecule has 0 fully saturated rings. The summed E-state index contributed by atoms with van der Waals surface area (Å²) < 4.78 is 9.60. The third-order valence-corrected chi connectivity index (χ3v) is 23.2. The zero-order chi connectivity index (χ0) is 75.2. The molecule has 0 bridgehead atoms. The van der Waals surface area contributed by atoms with Gasteiger partial charge < -0.3 is 28.1 Å². The minimum Gasteiger partial charge on any atom is -0.311 e. The average molecular weight is 1450 g/mol. The van der Waals surface area contributed by atoms with Gasteiger partial charge in [-0.05, 0) is 250 Å². The number of hydrogen-bond acceptors (Lipinski definition) is 2. The Morgan fingerprint density at radius 2 is 0.377 bits per heavy atom. The Morgan fingerprint density at radius 1 is 0.140 bits per heavy atom. The molecule has 0 saturated heterocycles. The molecular formula is C108H72N6. The van der Waals surface area contributed by atoms with E-state index in [9.17, 15) is 0 Å². The number of hydrogen-bond donors (Lipinski definition) is 0. The monoisotopic (exact) mass is 1450 g/mol. The van der Waals surface area contributed by atoms with Crippen LogP contribution in [0.3, 0.4) is 0 Å². The molecule has 0 saturated carbocycles. The zero-order valence-electron chi connectivity index (χ0n) is 62.3. The van der Waals surface area contributed by atoms with E-state index in [1.54, 1.807) is 0 Å². The molecule has 22 rings (SSSR count). The van der Waals surface area contributed by atoms with Gasteiger partial charge in [0, 0.05) is 100.0 Å². The van der Waals surface area contributed by atoms with Gasteiger partial charge in [-0.15, -0.1) is 0 Å². The topological polar surface area (TPSA) is 26.2 Å². The van der Waals surface area contributed by atoms with E-state index >= 15 is 0 Å². The van der Waals surface area contributed by atoms with Crippen LogP contribution < -0.4 is 9.80 Å². The number of aromatic nitrogens is 4. The second-order valence-corrected chi connectivity index (χ2v) is 29.6. The van der Waals surface area contributed by atoms with Crippen molar-refractivity contribution in [2.24, 2.45) is 0 Å². The summed E-state index contributed by atoms with van der Waals surface area (Å²) in [5, 5.41) is 9.80. The van der Waals surface area contributed by atoms with Crippen molar-refractivity contribution in [3.8, 4) is 78.4 Å². The Morgan fingerprint density at radius 3 is 0.746 bits per heavy atom. The van der Waals surface area contributed by atoms with Crippen LogP contribution in [0.4, 0.5) is 34.1 Å². The molecule has 0 atom stereocenters. The minimum absolute atomic E-state index is 1.08. The summed E-state index contributed by atoms with van der Waals surface area (Å²) in [6.45, 7) is 0. The Balaban J connectivity index is 0.563. The highest BCUT2D eigenvalue weighted by molar-refractivity contribution is 6.19. The van der Waals surface area contributed by atoms with Crippen LogP contribution in [0.2, 0.25) is 0 Å². The fourth-order valence-corrected chi connectivity index (χ4v) is 17.8. The summed E-state index contributed by atoms with van der Waals surface area (Å²) in [5.74, 6) is 0. The van der Waals surface area contributed by atoms with Crippen LogP contribution in [-0.2, 0) is 0 Å². The molecule has 0 aliphatic rings.